The molecular weight excluding hydrogens is 275 g/mol. The van der Waals surface area contributed by atoms with Crippen molar-refractivity contribution in [2.24, 2.45) is 0 Å². The Morgan fingerprint density at radius 2 is 2.17 bits per heavy atom. The lowest BCUT2D eigenvalue weighted by Crippen LogP contribution is -2.50. The third kappa shape index (κ3) is 2.66. The highest BCUT2D eigenvalue weighted by atomic mass is 35.5. The van der Waals surface area contributed by atoms with E-state index >= 15 is 0 Å². The number of aromatic nitrogens is 4. The molecule has 1 aliphatic heterocycles. The standard InChI is InChI=1S/C10H14N6.2ClH/c1-8-6-11-4-5-15(8)10-3-2-9-13-12-7-16(9)14-10;;/h2-3,7-8,11H,4-6H2,1H3;2*1H. The van der Waals surface area contributed by atoms with Gasteiger partial charge in [-0.05, 0) is 19.1 Å². The van der Waals surface area contributed by atoms with Crippen molar-refractivity contribution in [1.29, 1.82) is 0 Å². The Labute approximate surface area is 118 Å². The molecule has 3 rings (SSSR count). The van der Waals surface area contributed by atoms with Crippen LogP contribution in [0.25, 0.3) is 5.65 Å². The van der Waals surface area contributed by atoms with E-state index in [-0.39, 0.29) is 24.8 Å². The van der Waals surface area contributed by atoms with E-state index in [2.05, 4.69) is 32.4 Å². The molecule has 0 radical (unpaired) electrons. The number of anilines is 1. The molecule has 0 aromatic carbocycles. The van der Waals surface area contributed by atoms with E-state index in [9.17, 15) is 0 Å². The molecule has 100 valence electrons. The van der Waals surface area contributed by atoms with Gasteiger partial charge in [0.15, 0.2) is 5.65 Å². The van der Waals surface area contributed by atoms with Crippen LogP contribution in [0.5, 0.6) is 0 Å². The van der Waals surface area contributed by atoms with Gasteiger partial charge in [0, 0.05) is 25.7 Å². The second kappa shape index (κ2) is 6.17. The van der Waals surface area contributed by atoms with Gasteiger partial charge in [0.25, 0.3) is 0 Å². The minimum absolute atomic E-state index is 0. The molecule has 2 aromatic rings. The van der Waals surface area contributed by atoms with Gasteiger partial charge in [0.05, 0.1) is 0 Å². The number of rotatable bonds is 1. The highest BCUT2D eigenvalue weighted by Crippen LogP contribution is 2.15. The molecule has 18 heavy (non-hydrogen) atoms. The summed E-state index contributed by atoms with van der Waals surface area (Å²) in [5.74, 6) is 0.987. The van der Waals surface area contributed by atoms with Crippen LogP contribution in [-0.2, 0) is 0 Å². The van der Waals surface area contributed by atoms with Crippen molar-refractivity contribution in [1.82, 2.24) is 25.1 Å². The third-order valence-corrected chi connectivity index (χ3v) is 2.94. The lowest BCUT2D eigenvalue weighted by molar-refractivity contribution is 0.495. The van der Waals surface area contributed by atoms with Crippen LogP contribution in [0, 0.1) is 0 Å². The van der Waals surface area contributed by atoms with Crippen LogP contribution in [0.15, 0.2) is 18.5 Å². The molecule has 1 atom stereocenters. The number of nitrogens with zero attached hydrogens (tertiary/aromatic N) is 5. The third-order valence-electron chi connectivity index (χ3n) is 2.94. The average molecular weight is 291 g/mol. The van der Waals surface area contributed by atoms with Crippen molar-refractivity contribution >= 4 is 36.3 Å². The minimum Gasteiger partial charge on any atom is -0.350 e. The molecule has 1 aliphatic rings. The lowest BCUT2D eigenvalue weighted by Gasteiger charge is -2.34. The summed E-state index contributed by atoms with van der Waals surface area (Å²) in [5.41, 5.74) is 0.784. The molecule has 0 amide bonds. The molecule has 1 unspecified atom stereocenters. The summed E-state index contributed by atoms with van der Waals surface area (Å²) in [6.45, 7) is 5.19. The first kappa shape index (κ1) is 14.9. The summed E-state index contributed by atoms with van der Waals surface area (Å²) in [5, 5.41) is 15.6. The predicted molar refractivity (Wildman–Crippen MR) is 75.0 cm³/mol. The van der Waals surface area contributed by atoms with Crippen molar-refractivity contribution in [3.8, 4) is 0 Å². The fourth-order valence-electron chi connectivity index (χ4n) is 2.05. The van der Waals surface area contributed by atoms with Gasteiger partial charge in [-0.1, -0.05) is 0 Å². The summed E-state index contributed by atoms with van der Waals surface area (Å²) in [6, 6.07) is 4.42. The second-order valence-corrected chi connectivity index (χ2v) is 4.07. The SMILES string of the molecule is CC1CNCCN1c1ccc2nncn2n1.Cl.Cl. The van der Waals surface area contributed by atoms with Crippen LogP contribution in [-0.4, -0.2) is 45.5 Å². The second-order valence-electron chi connectivity index (χ2n) is 4.07. The van der Waals surface area contributed by atoms with Crippen LogP contribution in [0.3, 0.4) is 0 Å². The zero-order valence-corrected chi connectivity index (χ0v) is 11.6. The van der Waals surface area contributed by atoms with Crippen LogP contribution in [0.4, 0.5) is 5.82 Å². The number of piperazine rings is 1. The number of hydrogen-bond donors (Lipinski definition) is 1. The van der Waals surface area contributed by atoms with E-state index in [4.69, 9.17) is 0 Å². The van der Waals surface area contributed by atoms with E-state index in [1.54, 1.807) is 10.8 Å². The maximum absolute atomic E-state index is 4.50. The molecule has 3 heterocycles. The van der Waals surface area contributed by atoms with E-state index in [1.165, 1.54) is 0 Å². The lowest BCUT2D eigenvalue weighted by atomic mass is 10.2. The first-order valence-electron chi connectivity index (χ1n) is 5.49. The van der Waals surface area contributed by atoms with Gasteiger partial charge < -0.3 is 10.2 Å². The highest BCUT2D eigenvalue weighted by Gasteiger charge is 2.19. The summed E-state index contributed by atoms with van der Waals surface area (Å²) in [7, 11) is 0. The monoisotopic (exact) mass is 290 g/mol. The Kier molecular flexibility index (Phi) is 5.13. The highest BCUT2D eigenvalue weighted by molar-refractivity contribution is 5.85. The largest absolute Gasteiger partial charge is 0.350 e. The Morgan fingerprint density at radius 1 is 1.33 bits per heavy atom. The number of fused-ring (bicyclic) bond motifs is 1. The van der Waals surface area contributed by atoms with Gasteiger partial charge >= 0.3 is 0 Å². The Hall–Kier alpha value is -1.11. The van der Waals surface area contributed by atoms with Crippen LogP contribution >= 0.6 is 24.8 Å². The first-order chi connectivity index (χ1) is 7.84. The summed E-state index contributed by atoms with van der Waals surface area (Å²) in [6.07, 6.45) is 1.63. The molecule has 1 saturated heterocycles. The van der Waals surface area contributed by atoms with Gasteiger partial charge in [-0.3, -0.25) is 0 Å². The number of halogens is 2. The van der Waals surface area contributed by atoms with Gasteiger partial charge in [-0.25, -0.2) is 0 Å². The molecule has 0 spiro atoms. The van der Waals surface area contributed by atoms with Gasteiger partial charge in [0.1, 0.15) is 12.1 Å². The normalized spacial score (nSPS) is 19.2. The molecule has 8 heteroatoms. The zero-order chi connectivity index (χ0) is 11.0. The summed E-state index contributed by atoms with van der Waals surface area (Å²) >= 11 is 0. The Morgan fingerprint density at radius 3 is 2.94 bits per heavy atom. The smallest absolute Gasteiger partial charge is 0.177 e. The van der Waals surface area contributed by atoms with Crippen LogP contribution in [0.2, 0.25) is 0 Å². The van der Waals surface area contributed by atoms with Gasteiger partial charge in [0.2, 0.25) is 0 Å². The molecule has 0 bridgehead atoms. The molecule has 6 nitrogen and oxygen atoms in total. The fourth-order valence-corrected chi connectivity index (χ4v) is 2.05. The van der Waals surface area contributed by atoms with E-state index < -0.39 is 0 Å². The van der Waals surface area contributed by atoms with E-state index in [0.717, 1.165) is 31.1 Å². The summed E-state index contributed by atoms with van der Waals surface area (Å²) in [4.78, 5) is 2.30. The molecular formula is C10H16Cl2N6. The average Bonchev–Trinajstić information content (AvgIpc) is 2.76. The topological polar surface area (TPSA) is 58.3 Å². The van der Waals surface area contributed by atoms with Crippen molar-refractivity contribution in [3.05, 3.63) is 18.5 Å². The quantitative estimate of drug-likeness (QED) is 0.841. The van der Waals surface area contributed by atoms with E-state index in [1.807, 2.05) is 12.1 Å². The van der Waals surface area contributed by atoms with Gasteiger partial charge in [-0.15, -0.1) is 40.1 Å². The Balaban J connectivity index is 0.000000810. The van der Waals surface area contributed by atoms with Crippen molar-refractivity contribution in [2.75, 3.05) is 24.5 Å². The van der Waals surface area contributed by atoms with Crippen molar-refractivity contribution < 1.29 is 0 Å². The number of nitrogens with one attached hydrogen (secondary N) is 1. The maximum Gasteiger partial charge on any atom is 0.177 e. The van der Waals surface area contributed by atoms with Crippen LogP contribution in [0.1, 0.15) is 6.92 Å². The van der Waals surface area contributed by atoms with Crippen molar-refractivity contribution in [2.45, 2.75) is 13.0 Å². The molecule has 0 aliphatic carbocycles. The van der Waals surface area contributed by atoms with Gasteiger partial charge in [-0.2, -0.15) is 4.52 Å². The first-order valence-corrected chi connectivity index (χ1v) is 5.49. The maximum atomic E-state index is 4.50. The van der Waals surface area contributed by atoms with Crippen LogP contribution < -0.4 is 10.2 Å². The Bertz CT molecular complexity index is 502. The number of hydrogen-bond acceptors (Lipinski definition) is 5. The predicted octanol–water partition coefficient (Wildman–Crippen LogP) is 0.766. The molecule has 1 N–H and O–H groups in total. The molecule has 0 saturated carbocycles. The summed E-state index contributed by atoms with van der Waals surface area (Å²) < 4.78 is 1.71. The molecule has 2 aromatic heterocycles. The van der Waals surface area contributed by atoms with Crippen molar-refractivity contribution in [3.63, 3.8) is 0 Å². The fraction of sp³-hybridized carbons (Fsp3) is 0.500. The van der Waals surface area contributed by atoms with E-state index in [0.29, 0.717) is 6.04 Å². The molecule has 1 fully saturated rings. The zero-order valence-electron chi connectivity index (χ0n) is 9.98. The minimum atomic E-state index is 0.